The summed E-state index contributed by atoms with van der Waals surface area (Å²) in [5, 5.41) is 3.36. The van der Waals surface area contributed by atoms with Crippen molar-refractivity contribution in [3.8, 4) is 12.3 Å². The Bertz CT molecular complexity index is 211. The van der Waals surface area contributed by atoms with Crippen LogP contribution in [0.4, 0.5) is 0 Å². The first-order valence-corrected chi connectivity index (χ1v) is 6.03. The molecule has 1 aliphatic carbocycles. The molecular weight excluding hydrogens is 186 g/mol. The van der Waals surface area contributed by atoms with Gasteiger partial charge in [-0.25, -0.2) is 0 Å². The molecule has 2 nitrogen and oxygen atoms in total. The third-order valence-electron chi connectivity index (χ3n) is 3.46. The zero-order valence-electron chi connectivity index (χ0n) is 10.0. The highest BCUT2D eigenvalue weighted by atomic mass is 16.5. The van der Waals surface area contributed by atoms with Gasteiger partial charge in [-0.2, -0.15) is 0 Å². The van der Waals surface area contributed by atoms with E-state index in [0.29, 0.717) is 0 Å². The molecule has 0 aromatic carbocycles. The lowest BCUT2D eigenvalue weighted by Crippen LogP contribution is -2.51. The molecule has 86 valence electrons. The normalized spacial score (nSPS) is 22.7. The van der Waals surface area contributed by atoms with E-state index in [9.17, 15) is 0 Å². The molecule has 1 N–H and O–H groups in total. The SMILES string of the molecule is C#CC(NCC)C1(OC)CCCCCC1. The molecule has 0 spiro atoms. The van der Waals surface area contributed by atoms with Crippen LogP contribution in [0, 0.1) is 12.3 Å². The molecule has 1 aliphatic rings. The van der Waals surface area contributed by atoms with Crippen molar-refractivity contribution in [1.29, 1.82) is 0 Å². The summed E-state index contributed by atoms with van der Waals surface area (Å²) in [6, 6.07) is 0.0607. The smallest absolute Gasteiger partial charge is 0.0980 e. The van der Waals surface area contributed by atoms with Gasteiger partial charge in [0, 0.05) is 7.11 Å². The first-order chi connectivity index (χ1) is 7.29. The van der Waals surface area contributed by atoms with Gasteiger partial charge in [-0.15, -0.1) is 6.42 Å². The lowest BCUT2D eigenvalue weighted by Gasteiger charge is -2.36. The van der Waals surface area contributed by atoms with Gasteiger partial charge in [0.15, 0.2) is 0 Å². The quantitative estimate of drug-likeness (QED) is 0.567. The largest absolute Gasteiger partial charge is 0.376 e. The van der Waals surface area contributed by atoms with Gasteiger partial charge < -0.3 is 10.1 Å². The molecule has 0 saturated heterocycles. The van der Waals surface area contributed by atoms with Crippen LogP contribution in [0.5, 0.6) is 0 Å². The summed E-state index contributed by atoms with van der Waals surface area (Å²) in [4.78, 5) is 0. The molecule has 2 heteroatoms. The number of rotatable bonds is 4. The van der Waals surface area contributed by atoms with Crippen molar-refractivity contribution >= 4 is 0 Å². The third kappa shape index (κ3) is 2.96. The summed E-state index contributed by atoms with van der Waals surface area (Å²) in [5.41, 5.74) is -0.124. The molecule has 0 bridgehead atoms. The zero-order chi connectivity index (χ0) is 11.1. The first kappa shape index (κ1) is 12.5. The van der Waals surface area contributed by atoms with Crippen LogP contribution >= 0.6 is 0 Å². The maximum absolute atomic E-state index is 5.76. The van der Waals surface area contributed by atoms with Crippen LogP contribution in [0.15, 0.2) is 0 Å². The summed E-state index contributed by atoms with van der Waals surface area (Å²) in [6.07, 6.45) is 12.9. The number of nitrogens with one attached hydrogen (secondary N) is 1. The minimum atomic E-state index is -0.124. The Balaban J connectivity index is 2.75. The second-order valence-electron chi connectivity index (χ2n) is 4.34. The standard InChI is InChI=1S/C13H23NO/c1-4-12(14-5-2)13(15-3)10-8-6-7-9-11-13/h1,12,14H,5-11H2,2-3H3. The molecule has 1 saturated carbocycles. The molecule has 0 aliphatic heterocycles. The van der Waals surface area contributed by atoms with Gasteiger partial charge in [0.25, 0.3) is 0 Å². The summed E-state index contributed by atoms with van der Waals surface area (Å²) in [7, 11) is 1.80. The van der Waals surface area contributed by atoms with Gasteiger partial charge in [-0.05, 0) is 19.4 Å². The second kappa shape index (κ2) is 6.15. The fourth-order valence-electron chi connectivity index (χ4n) is 2.54. The predicted octanol–water partition coefficient (Wildman–Crippen LogP) is 2.34. The highest BCUT2D eigenvalue weighted by Crippen LogP contribution is 2.32. The van der Waals surface area contributed by atoms with Crippen LogP contribution in [0.2, 0.25) is 0 Å². The molecule has 0 heterocycles. The van der Waals surface area contributed by atoms with Crippen molar-refractivity contribution in [3.63, 3.8) is 0 Å². The number of ether oxygens (including phenoxy) is 1. The topological polar surface area (TPSA) is 21.3 Å². The van der Waals surface area contributed by atoms with E-state index in [1.807, 2.05) is 0 Å². The number of likely N-dealkylation sites (N-methyl/N-ethyl adjacent to an activating group) is 1. The van der Waals surface area contributed by atoms with Crippen molar-refractivity contribution in [3.05, 3.63) is 0 Å². The summed E-state index contributed by atoms with van der Waals surface area (Å²) in [5.74, 6) is 2.86. The average molecular weight is 209 g/mol. The van der Waals surface area contributed by atoms with Crippen molar-refractivity contribution in [1.82, 2.24) is 5.32 Å². The van der Waals surface area contributed by atoms with Gasteiger partial charge in [-0.3, -0.25) is 0 Å². The van der Waals surface area contributed by atoms with E-state index in [-0.39, 0.29) is 11.6 Å². The van der Waals surface area contributed by atoms with Gasteiger partial charge in [0.1, 0.15) is 0 Å². The Hall–Kier alpha value is -0.520. The second-order valence-corrected chi connectivity index (χ2v) is 4.34. The first-order valence-electron chi connectivity index (χ1n) is 6.03. The number of methoxy groups -OCH3 is 1. The Labute approximate surface area is 93.8 Å². The van der Waals surface area contributed by atoms with Gasteiger partial charge >= 0.3 is 0 Å². The van der Waals surface area contributed by atoms with Crippen molar-refractivity contribution in [2.45, 2.75) is 57.1 Å². The van der Waals surface area contributed by atoms with E-state index < -0.39 is 0 Å². The summed E-state index contributed by atoms with van der Waals surface area (Å²) >= 11 is 0. The highest BCUT2D eigenvalue weighted by molar-refractivity contribution is 5.10. The van der Waals surface area contributed by atoms with E-state index in [1.54, 1.807) is 7.11 Å². The lowest BCUT2D eigenvalue weighted by molar-refractivity contribution is -0.0380. The minimum absolute atomic E-state index is 0.0607. The van der Waals surface area contributed by atoms with E-state index in [4.69, 9.17) is 11.2 Å². The van der Waals surface area contributed by atoms with Crippen molar-refractivity contribution in [2.75, 3.05) is 13.7 Å². The van der Waals surface area contributed by atoms with E-state index >= 15 is 0 Å². The minimum Gasteiger partial charge on any atom is -0.376 e. The molecule has 15 heavy (non-hydrogen) atoms. The highest BCUT2D eigenvalue weighted by Gasteiger charge is 2.37. The Morgan fingerprint density at radius 3 is 2.33 bits per heavy atom. The van der Waals surface area contributed by atoms with E-state index in [1.165, 1.54) is 25.7 Å². The van der Waals surface area contributed by atoms with Crippen LogP contribution in [-0.2, 0) is 4.74 Å². The maximum atomic E-state index is 5.76. The third-order valence-corrected chi connectivity index (χ3v) is 3.46. The number of terminal acetylenes is 1. The molecule has 1 rings (SSSR count). The van der Waals surface area contributed by atoms with Crippen LogP contribution in [0.3, 0.4) is 0 Å². The van der Waals surface area contributed by atoms with Crippen LogP contribution in [0.1, 0.15) is 45.4 Å². The monoisotopic (exact) mass is 209 g/mol. The Morgan fingerprint density at radius 1 is 1.33 bits per heavy atom. The fraction of sp³-hybridized carbons (Fsp3) is 0.846. The Kier molecular flexibility index (Phi) is 5.14. The molecule has 0 amide bonds. The molecule has 0 radical (unpaired) electrons. The van der Waals surface area contributed by atoms with Crippen LogP contribution in [-0.4, -0.2) is 25.3 Å². The molecule has 1 atom stereocenters. The predicted molar refractivity (Wildman–Crippen MR) is 63.7 cm³/mol. The van der Waals surface area contributed by atoms with Crippen molar-refractivity contribution < 1.29 is 4.74 Å². The maximum Gasteiger partial charge on any atom is 0.0980 e. The zero-order valence-corrected chi connectivity index (χ0v) is 10.0. The van der Waals surface area contributed by atoms with Gasteiger partial charge in [-0.1, -0.05) is 38.5 Å². The average Bonchev–Trinajstić information content (AvgIpc) is 2.52. The van der Waals surface area contributed by atoms with Crippen LogP contribution < -0.4 is 5.32 Å². The Morgan fingerprint density at radius 2 is 1.93 bits per heavy atom. The lowest BCUT2D eigenvalue weighted by atomic mass is 9.86. The fourth-order valence-corrected chi connectivity index (χ4v) is 2.54. The molecule has 1 fully saturated rings. The van der Waals surface area contributed by atoms with Crippen molar-refractivity contribution in [2.24, 2.45) is 0 Å². The molecule has 0 aromatic rings. The molecule has 1 unspecified atom stereocenters. The van der Waals surface area contributed by atoms with E-state index in [0.717, 1.165) is 19.4 Å². The summed E-state index contributed by atoms with van der Waals surface area (Å²) < 4.78 is 5.76. The number of hydrogen-bond acceptors (Lipinski definition) is 2. The van der Waals surface area contributed by atoms with Gasteiger partial charge in [0.2, 0.25) is 0 Å². The van der Waals surface area contributed by atoms with Crippen LogP contribution in [0.25, 0.3) is 0 Å². The molecule has 0 aromatic heterocycles. The molecular formula is C13H23NO. The summed E-state index contributed by atoms with van der Waals surface area (Å²) in [6.45, 7) is 2.99. The van der Waals surface area contributed by atoms with E-state index in [2.05, 4.69) is 18.2 Å². The van der Waals surface area contributed by atoms with Gasteiger partial charge in [0.05, 0.1) is 11.6 Å². The number of hydrogen-bond donors (Lipinski definition) is 1.